The largest absolute Gasteiger partial charge is 0.329 e. The minimum absolute atomic E-state index is 0.0388. The van der Waals surface area contributed by atoms with Crippen LogP contribution in [0.4, 0.5) is 0 Å². The van der Waals surface area contributed by atoms with E-state index < -0.39 is 0 Å². The molecule has 0 unspecified atom stereocenters. The highest BCUT2D eigenvalue weighted by atomic mass is 15.3. The first kappa shape index (κ1) is 11.4. The number of aromatic nitrogens is 3. The van der Waals surface area contributed by atoms with E-state index >= 15 is 0 Å². The molecule has 3 rings (SSSR count). The molecule has 4 heteroatoms. The predicted molar refractivity (Wildman–Crippen MR) is 70.7 cm³/mol. The van der Waals surface area contributed by atoms with Gasteiger partial charge in [0.05, 0.1) is 0 Å². The minimum Gasteiger partial charge on any atom is -0.329 e. The summed E-state index contributed by atoms with van der Waals surface area (Å²) in [6.07, 6.45) is 3.47. The maximum absolute atomic E-state index is 5.98. The molecule has 1 saturated carbocycles. The molecule has 1 heterocycles. The molecule has 0 bridgehead atoms. The van der Waals surface area contributed by atoms with E-state index in [1.807, 2.05) is 25.1 Å². The van der Waals surface area contributed by atoms with Gasteiger partial charge in [-0.25, -0.2) is 0 Å². The molecule has 0 atom stereocenters. The number of nitrogens with two attached hydrogens (primary N) is 1. The van der Waals surface area contributed by atoms with Crippen LogP contribution in [0.2, 0.25) is 0 Å². The van der Waals surface area contributed by atoms with Crippen molar-refractivity contribution in [3.63, 3.8) is 0 Å². The Kier molecular flexibility index (Phi) is 2.67. The quantitative estimate of drug-likeness (QED) is 0.895. The van der Waals surface area contributed by atoms with Gasteiger partial charge in [0, 0.05) is 17.6 Å². The molecule has 0 radical (unpaired) electrons. The first-order valence-corrected chi connectivity index (χ1v) is 6.45. The summed E-state index contributed by atoms with van der Waals surface area (Å²) in [6, 6.07) is 10.3. The van der Waals surface area contributed by atoms with E-state index in [0.717, 1.165) is 30.2 Å². The van der Waals surface area contributed by atoms with Gasteiger partial charge in [0.15, 0.2) is 0 Å². The summed E-state index contributed by atoms with van der Waals surface area (Å²) in [7, 11) is 0. The lowest BCUT2D eigenvalue weighted by atomic mass is 9.68. The van der Waals surface area contributed by atoms with Crippen LogP contribution in [0.1, 0.15) is 30.9 Å². The van der Waals surface area contributed by atoms with Gasteiger partial charge in [-0.05, 0) is 31.9 Å². The van der Waals surface area contributed by atoms with Crippen LogP contribution in [0.25, 0.3) is 5.69 Å². The van der Waals surface area contributed by atoms with E-state index in [1.165, 1.54) is 6.42 Å². The Hall–Kier alpha value is -1.68. The number of nitrogens with zero attached hydrogens (tertiary/aromatic N) is 3. The van der Waals surface area contributed by atoms with E-state index in [2.05, 4.69) is 26.9 Å². The molecular weight excluding hydrogens is 224 g/mol. The van der Waals surface area contributed by atoms with Crippen molar-refractivity contribution in [2.45, 2.75) is 31.6 Å². The molecule has 4 nitrogen and oxygen atoms in total. The fraction of sp³-hybridized carbons (Fsp3) is 0.429. The molecule has 18 heavy (non-hydrogen) atoms. The van der Waals surface area contributed by atoms with Crippen LogP contribution in [-0.4, -0.2) is 21.3 Å². The average Bonchev–Trinajstić information content (AvgIpc) is 2.72. The van der Waals surface area contributed by atoms with E-state index in [1.54, 1.807) is 0 Å². The van der Waals surface area contributed by atoms with Gasteiger partial charge in [0.25, 0.3) is 0 Å². The Labute approximate surface area is 107 Å². The van der Waals surface area contributed by atoms with Crippen molar-refractivity contribution in [1.29, 1.82) is 0 Å². The Morgan fingerprint density at radius 1 is 1.22 bits per heavy atom. The lowest BCUT2D eigenvalue weighted by Gasteiger charge is -2.39. The van der Waals surface area contributed by atoms with Crippen LogP contribution >= 0.6 is 0 Å². The zero-order valence-corrected chi connectivity index (χ0v) is 10.6. The molecule has 1 aromatic heterocycles. The summed E-state index contributed by atoms with van der Waals surface area (Å²) in [4.78, 5) is 0. The highest BCUT2D eigenvalue weighted by molar-refractivity contribution is 5.36. The number of benzene rings is 1. The molecule has 2 aromatic rings. The lowest BCUT2D eigenvalue weighted by molar-refractivity contribution is 0.234. The summed E-state index contributed by atoms with van der Waals surface area (Å²) in [5, 5.41) is 8.64. The van der Waals surface area contributed by atoms with Gasteiger partial charge < -0.3 is 5.73 Å². The van der Waals surface area contributed by atoms with Crippen molar-refractivity contribution in [2.24, 2.45) is 5.73 Å². The Balaban J connectivity index is 2.13. The van der Waals surface area contributed by atoms with Crippen molar-refractivity contribution >= 4 is 0 Å². The topological polar surface area (TPSA) is 56.7 Å². The maximum atomic E-state index is 5.98. The van der Waals surface area contributed by atoms with Gasteiger partial charge >= 0.3 is 0 Å². The summed E-state index contributed by atoms with van der Waals surface area (Å²) >= 11 is 0. The second-order valence-corrected chi connectivity index (χ2v) is 5.08. The second kappa shape index (κ2) is 4.21. The summed E-state index contributed by atoms with van der Waals surface area (Å²) in [5.74, 6) is 1.95. The molecular formula is C14H18N4. The van der Waals surface area contributed by atoms with Crippen LogP contribution in [0.15, 0.2) is 30.3 Å². The van der Waals surface area contributed by atoms with Crippen LogP contribution in [0.3, 0.4) is 0 Å². The molecule has 94 valence electrons. The minimum atomic E-state index is 0.0388. The van der Waals surface area contributed by atoms with Crippen molar-refractivity contribution in [3.05, 3.63) is 42.0 Å². The fourth-order valence-corrected chi connectivity index (χ4v) is 2.71. The number of hydrogen-bond donors (Lipinski definition) is 1. The Morgan fingerprint density at radius 3 is 2.50 bits per heavy atom. The molecule has 1 fully saturated rings. The van der Waals surface area contributed by atoms with Crippen LogP contribution < -0.4 is 5.73 Å². The molecule has 1 aliphatic carbocycles. The number of rotatable bonds is 3. The predicted octanol–water partition coefficient (Wildman–Crippen LogP) is 1.96. The van der Waals surface area contributed by atoms with Crippen molar-refractivity contribution in [3.8, 4) is 5.69 Å². The van der Waals surface area contributed by atoms with Crippen molar-refractivity contribution in [2.75, 3.05) is 6.54 Å². The van der Waals surface area contributed by atoms with Crippen LogP contribution in [0.5, 0.6) is 0 Å². The van der Waals surface area contributed by atoms with Gasteiger partial charge in [-0.3, -0.25) is 4.57 Å². The number of hydrogen-bond acceptors (Lipinski definition) is 3. The van der Waals surface area contributed by atoms with Gasteiger partial charge in [-0.1, -0.05) is 24.6 Å². The zero-order chi connectivity index (χ0) is 12.6. The summed E-state index contributed by atoms with van der Waals surface area (Å²) < 4.78 is 2.14. The fourth-order valence-electron chi connectivity index (χ4n) is 2.71. The van der Waals surface area contributed by atoms with Gasteiger partial charge in [0.2, 0.25) is 0 Å². The molecule has 0 saturated heterocycles. The van der Waals surface area contributed by atoms with Crippen molar-refractivity contribution < 1.29 is 0 Å². The van der Waals surface area contributed by atoms with Gasteiger partial charge in [0.1, 0.15) is 11.6 Å². The number of para-hydroxylation sites is 1. The van der Waals surface area contributed by atoms with E-state index in [4.69, 9.17) is 5.73 Å². The molecule has 1 aliphatic rings. The second-order valence-electron chi connectivity index (χ2n) is 5.08. The zero-order valence-electron chi connectivity index (χ0n) is 10.6. The highest BCUT2D eigenvalue weighted by Gasteiger charge is 2.42. The maximum Gasteiger partial charge on any atom is 0.145 e. The van der Waals surface area contributed by atoms with E-state index in [-0.39, 0.29) is 5.41 Å². The summed E-state index contributed by atoms with van der Waals surface area (Å²) in [5.41, 5.74) is 7.13. The molecule has 0 amide bonds. The molecule has 0 spiro atoms. The first-order chi connectivity index (χ1) is 8.77. The van der Waals surface area contributed by atoms with Crippen molar-refractivity contribution in [1.82, 2.24) is 14.8 Å². The Bertz CT molecular complexity index is 535. The summed E-state index contributed by atoms with van der Waals surface area (Å²) in [6.45, 7) is 2.64. The third kappa shape index (κ3) is 1.56. The standard InChI is InChI=1S/C14H18N4/c1-11-16-17-13(14(10-15)8-5-9-14)18(11)12-6-3-2-4-7-12/h2-4,6-7H,5,8-10,15H2,1H3. The third-order valence-electron chi connectivity index (χ3n) is 4.01. The Morgan fingerprint density at radius 2 is 1.94 bits per heavy atom. The lowest BCUT2D eigenvalue weighted by Crippen LogP contribution is -2.43. The first-order valence-electron chi connectivity index (χ1n) is 6.45. The van der Waals surface area contributed by atoms with E-state index in [0.29, 0.717) is 6.54 Å². The highest BCUT2D eigenvalue weighted by Crippen LogP contribution is 2.42. The van der Waals surface area contributed by atoms with Crippen LogP contribution in [0, 0.1) is 6.92 Å². The van der Waals surface area contributed by atoms with Crippen LogP contribution in [-0.2, 0) is 5.41 Å². The SMILES string of the molecule is Cc1nnc(C2(CN)CCC2)n1-c1ccccc1. The molecule has 1 aromatic carbocycles. The third-order valence-corrected chi connectivity index (χ3v) is 4.01. The molecule has 0 aliphatic heterocycles. The normalized spacial score (nSPS) is 17.4. The average molecular weight is 242 g/mol. The van der Waals surface area contributed by atoms with Gasteiger partial charge in [-0.15, -0.1) is 10.2 Å². The van der Waals surface area contributed by atoms with Gasteiger partial charge in [-0.2, -0.15) is 0 Å². The molecule has 2 N–H and O–H groups in total. The smallest absolute Gasteiger partial charge is 0.145 e. The van der Waals surface area contributed by atoms with E-state index in [9.17, 15) is 0 Å². The number of aryl methyl sites for hydroxylation is 1. The monoisotopic (exact) mass is 242 g/mol.